The topological polar surface area (TPSA) is 75.5 Å². The number of fused-ring (bicyclic) bond motifs is 1. The highest BCUT2D eigenvalue weighted by atomic mass is 32.1. The maximum atomic E-state index is 12.1. The van der Waals surface area contributed by atoms with E-state index in [1.54, 1.807) is 19.4 Å². The lowest BCUT2D eigenvalue weighted by atomic mass is 10.1. The minimum Gasteiger partial charge on any atom is -0.497 e. The van der Waals surface area contributed by atoms with Crippen LogP contribution in [0.4, 0.5) is 0 Å². The lowest BCUT2D eigenvalue weighted by Crippen LogP contribution is -2.47. The van der Waals surface area contributed by atoms with Crippen LogP contribution in [0.5, 0.6) is 5.75 Å². The number of carbonyl (C=O) groups is 1. The fourth-order valence-electron chi connectivity index (χ4n) is 2.49. The Bertz CT molecular complexity index is 909. The van der Waals surface area contributed by atoms with E-state index < -0.39 is 0 Å². The Morgan fingerprint density at radius 1 is 1.15 bits per heavy atom. The zero-order valence-electron chi connectivity index (χ0n) is 14.2. The summed E-state index contributed by atoms with van der Waals surface area (Å²) in [7, 11) is 1.60. The molecule has 3 aromatic rings. The Labute approximate surface area is 156 Å². The summed E-state index contributed by atoms with van der Waals surface area (Å²) < 4.78 is 10.6. The number of carbonyl (C=O) groups excluding carboxylic acids is 1. The molecule has 0 spiro atoms. The first-order valence-corrected chi connectivity index (χ1v) is 8.47. The minimum atomic E-state index is -0.215. The average Bonchev–Trinajstić information content (AvgIpc) is 3.07. The number of hydrogen-bond acceptors (Lipinski definition) is 4. The van der Waals surface area contributed by atoms with Crippen LogP contribution in [0.25, 0.3) is 11.0 Å². The Hall–Kier alpha value is -3.06. The molecule has 0 saturated heterocycles. The molecule has 3 rings (SSSR count). The van der Waals surface area contributed by atoms with Crippen LogP contribution in [-0.4, -0.2) is 18.1 Å². The third kappa shape index (κ3) is 4.52. The maximum absolute atomic E-state index is 12.1. The summed E-state index contributed by atoms with van der Waals surface area (Å²) in [4.78, 5) is 12.1. The number of amides is 1. The van der Waals surface area contributed by atoms with Gasteiger partial charge in [-0.3, -0.25) is 15.6 Å². The standard InChI is InChI=1S/C19H19N3O3S/c1-24-15-7-8-16-14(12-25-17(16)10-15)9-18(23)21-22-19(26)20-11-13-5-3-2-4-6-13/h2-8,10,12H,9,11H2,1H3,(H,21,23)(H2,20,22,26). The Morgan fingerprint density at radius 3 is 2.73 bits per heavy atom. The first-order chi connectivity index (χ1) is 12.7. The largest absolute Gasteiger partial charge is 0.497 e. The van der Waals surface area contributed by atoms with Crippen molar-refractivity contribution in [1.29, 1.82) is 0 Å². The van der Waals surface area contributed by atoms with Crippen LogP contribution in [0.15, 0.2) is 59.2 Å². The molecule has 6 nitrogen and oxygen atoms in total. The lowest BCUT2D eigenvalue weighted by Gasteiger charge is -2.11. The smallest absolute Gasteiger partial charge is 0.242 e. The third-order valence-corrected chi connectivity index (χ3v) is 4.07. The van der Waals surface area contributed by atoms with Gasteiger partial charge in [0.15, 0.2) is 5.11 Å². The van der Waals surface area contributed by atoms with Gasteiger partial charge in [-0.25, -0.2) is 0 Å². The van der Waals surface area contributed by atoms with E-state index in [0.717, 1.165) is 16.5 Å². The Morgan fingerprint density at radius 2 is 1.96 bits per heavy atom. The van der Waals surface area contributed by atoms with E-state index in [1.807, 2.05) is 42.5 Å². The van der Waals surface area contributed by atoms with Crippen molar-refractivity contribution in [2.24, 2.45) is 0 Å². The molecule has 2 aromatic carbocycles. The molecule has 134 valence electrons. The van der Waals surface area contributed by atoms with Crippen LogP contribution in [0.3, 0.4) is 0 Å². The van der Waals surface area contributed by atoms with Gasteiger partial charge in [-0.15, -0.1) is 0 Å². The van der Waals surface area contributed by atoms with Crippen molar-refractivity contribution in [3.63, 3.8) is 0 Å². The monoisotopic (exact) mass is 369 g/mol. The zero-order chi connectivity index (χ0) is 18.4. The summed E-state index contributed by atoms with van der Waals surface area (Å²) in [5.41, 5.74) is 7.86. The van der Waals surface area contributed by atoms with E-state index in [4.69, 9.17) is 21.4 Å². The average molecular weight is 369 g/mol. The number of nitrogens with one attached hydrogen (secondary N) is 3. The van der Waals surface area contributed by atoms with Gasteiger partial charge in [-0.1, -0.05) is 30.3 Å². The number of furan rings is 1. The van der Waals surface area contributed by atoms with E-state index in [1.165, 1.54) is 0 Å². The van der Waals surface area contributed by atoms with Gasteiger partial charge in [0.25, 0.3) is 0 Å². The highest BCUT2D eigenvalue weighted by molar-refractivity contribution is 7.80. The first kappa shape index (κ1) is 17.8. The second-order valence-electron chi connectivity index (χ2n) is 5.64. The number of hydrogen-bond donors (Lipinski definition) is 3. The summed E-state index contributed by atoms with van der Waals surface area (Å²) in [6.07, 6.45) is 1.75. The SMILES string of the molecule is COc1ccc2c(CC(=O)NNC(=S)NCc3ccccc3)coc2c1. The van der Waals surface area contributed by atoms with Gasteiger partial charge in [0, 0.05) is 23.6 Å². The number of thiocarbonyl (C=S) groups is 1. The van der Waals surface area contributed by atoms with Crippen molar-refractivity contribution >= 4 is 34.2 Å². The van der Waals surface area contributed by atoms with Gasteiger partial charge in [-0.05, 0) is 29.9 Å². The fourth-order valence-corrected chi connectivity index (χ4v) is 2.62. The number of methoxy groups -OCH3 is 1. The highest BCUT2D eigenvalue weighted by Crippen LogP contribution is 2.25. The second-order valence-corrected chi connectivity index (χ2v) is 6.05. The van der Waals surface area contributed by atoms with Crippen LogP contribution in [-0.2, 0) is 17.8 Å². The van der Waals surface area contributed by atoms with Crippen LogP contribution >= 0.6 is 12.2 Å². The quantitative estimate of drug-likeness (QED) is 0.474. The number of rotatable bonds is 5. The molecule has 0 atom stereocenters. The van der Waals surface area contributed by atoms with E-state index in [0.29, 0.717) is 23.0 Å². The summed E-state index contributed by atoms with van der Waals surface area (Å²) >= 11 is 5.15. The van der Waals surface area contributed by atoms with Crippen molar-refractivity contribution in [3.8, 4) is 5.75 Å². The first-order valence-electron chi connectivity index (χ1n) is 8.06. The molecule has 0 bridgehead atoms. The van der Waals surface area contributed by atoms with Crippen molar-refractivity contribution < 1.29 is 13.9 Å². The Balaban J connectivity index is 1.49. The molecule has 26 heavy (non-hydrogen) atoms. The summed E-state index contributed by atoms with van der Waals surface area (Å²) in [6, 6.07) is 15.4. The fraction of sp³-hybridized carbons (Fsp3) is 0.158. The van der Waals surface area contributed by atoms with Crippen molar-refractivity contribution in [1.82, 2.24) is 16.2 Å². The molecule has 3 N–H and O–H groups in total. The summed E-state index contributed by atoms with van der Waals surface area (Å²) in [5, 5.41) is 4.26. The molecular formula is C19H19N3O3S. The molecule has 0 aliphatic rings. The van der Waals surface area contributed by atoms with Crippen LogP contribution in [0.1, 0.15) is 11.1 Å². The maximum Gasteiger partial charge on any atom is 0.242 e. The predicted octanol–water partition coefficient (Wildman–Crippen LogP) is 2.68. The molecule has 1 aromatic heterocycles. The molecule has 1 heterocycles. The molecule has 0 unspecified atom stereocenters. The zero-order valence-corrected chi connectivity index (χ0v) is 15.1. The van der Waals surface area contributed by atoms with Crippen LogP contribution < -0.4 is 20.9 Å². The molecular weight excluding hydrogens is 350 g/mol. The number of hydrazine groups is 1. The normalized spacial score (nSPS) is 10.3. The third-order valence-electron chi connectivity index (χ3n) is 3.83. The number of ether oxygens (including phenoxy) is 1. The van der Waals surface area contributed by atoms with Gasteiger partial charge >= 0.3 is 0 Å². The lowest BCUT2D eigenvalue weighted by molar-refractivity contribution is -0.121. The summed E-state index contributed by atoms with van der Waals surface area (Å²) in [6.45, 7) is 0.580. The van der Waals surface area contributed by atoms with Gasteiger partial charge in [0.2, 0.25) is 5.91 Å². The minimum absolute atomic E-state index is 0.174. The Kier molecular flexibility index (Phi) is 5.70. The van der Waals surface area contributed by atoms with E-state index >= 15 is 0 Å². The van der Waals surface area contributed by atoms with Crippen molar-refractivity contribution in [2.75, 3.05) is 7.11 Å². The predicted molar refractivity (Wildman–Crippen MR) is 104 cm³/mol. The molecule has 0 aliphatic carbocycles. The number of benzene rings is 2. The molecule has 0 saturated carbocycles. The van der Waals surface area contributed by atoms with Gasteiger partial charge in [-0.2, -0.15) is 0 Å². The molecule has 0 radical (unpaired) electrons. The van der Waals surface area contributed by atoms with E-state index in [2.05, 4.69) is 16.2 Å². The highest BCUT2D eigenvalue weighted by Gasteiger charge is 2.11. The van der Waals surface area contributed by atoms with Gasteiger partial charge in [0.05, 0.1) is 19.8 Å². The summed E-state index contributed by atoms with van der Waals surface area (Å²) in [5.74, 6) is 0.492. The van der Waals surface area contributed by atoms with Crippen molar-refractivity contribution in [2.45, 2.75) is 13.0 Å². The van der Waals surface area contributed by atoms with Crippen LogP contribution in [0, 0.1) is 0 Å². The van der Waals surface area contributed by atoms with Gasteiger partial charge in [0.1, 0.15) is 11.3 Å². The molecule has 7 heteroatoms. The van der Waals surface area contributed by atoms with E-state index in [-0.39, 0.29) is 12.3 Å². The molecule has 0 fully saturated rings. The van der Waals surface area contributed by atoms with E-state index in [9.17, 15) is 4.79 Å². The second kappa shape index (κ2) is 8.35. The van der Waals surface area contributed by atoms with Crippen LogP contribution in [0.2, 0.25) is 0 Å². The molecule has 1 amide bonds. The van der Waals surface area contributed by atoms with Crippen molar-refractivity contribution in [3.05, 3.63) is 65.9 Å². The molecule has 0 aliphatic heterocycles. The van der Waals surface area contributed by atoms with Gasteiger partial charge < -0.3 is 14.5 Å².